The maximum Gasteiger partial charge on any atom is 0.362 e. The summed E-state index contributed by atoms with van der Waals surface area (Å²) in [7, 11) is 5.54. The Hall–Kier alpha value is -1.93. The minimum absolute atomic E-state index is 0.0464. The van der Waals surface area contributed by atoms with Crippen molar-refractivity contribution in [3.63, 3.8) is 0 Å². The second-order valence-electron chi connectivity index (χ2n) is 17.4. The van der Waals surface area contributed by atoms with Crippen LogP contribution < -0.4 is 0 Å². The highest BCUT2D eigenvalue weighted by atomic mass is 16.6. The maximum absolute atomic E-state index is 12.7. The molecule has 0 aliphatic heterocycles. The summed E-state index contributed by atoms with van der Waals surface area (Å²) in [5.41, 5.74) is 0. The molecule has 8 nitrogen and oxygen atoms in total. The summed E-state index contributed by atoms with van der Waals surface area (Å²) in [6.45, 7) is 4.75. The van der Waals surface area contributed by atoms with Crippen LogP contribution in [0.1, 0.15) is 226 Å². The summed E-state index contributed by atoms with van der Waals surface area (Å²) in [6.07, 6.45) is 42.5. The Kier molecular flexibility index (Phi) is 38.5. The van der Waals surface area contributed by atoms with E-state index in [1.165, 1.54) is 154 Å². The van der Waals surface area contributed by atoms with Crippen molar-refractivity contribution in [3.05, 3.63) is 12.2 Å². The number of unbranched alkanes of at least 4 members (excludes halogenated alkanes) is 27. The van der Waals surface area contributed by atoms with Crippen molar-refractivity contribution in [3.8, 4) is 0 Å². The van der Waals surface area contributed by atoms with Crippen molar-refractivity contribution < 1.29 is 38.2 Å². The molecule has 0 saturated carbocycles. The number of carboxylic acids is 1. The van der Waals surface area contributed by atoms with Crippen LogP contribution in [0.5, 0.6) is 0 Å². The standard InChI is InChI=1S/C48H91NO7/c1-6-8-10-12-14-16-18-20-22-23-25-26-28-30-32-34-36-38-46(50)55-43-44(42-54-41-40-45(48(52)53)49(3,4)5)56-47(51)39-37-35-33-31-29-27-24-21-19-17-15-13-11-9-7-2/h17,19,44-45H,6-16,18,20-43H2,1-5H3/p+1/b19-17+. The number of allylic oxidation sites excluding steroid dienone is 2. The molecule has 2 unspecified atom stereocenters. The Labute approximate surface area is 346 Å². The van der Waals surface area contributed by atoms with Crippen molar-refractivity contribution >= 4 is 17.9 Å². The molecule has 0 amide bonds. The van der Waals surface area contributed by atoms with Crippen LogP contribution in [0.25, 0.3) is 0 Å². The number of nitrogens with zero attached hydrogens (tertiary/aromatic N) is 1. The third kappa shape index (κ3) is 37.6. The fraction of sp³-hybridized carbons (Fsp3) is 0.896. The van der Waals surface area contributed by atoms with E-state index in [9.17, 15) is 19.5 Å². The van der Waals surface area contributed by atoms with Gasteiger partial charge in [0.1, 0.15) is 6.61 Å². The second kappa shape index (κ2) is 39.9. The largest absolute Gasteiger partial charge is 0.477 e. The molecule has 0 aromatic carbocycles. The molecule has 330 valence electrons. The lowest BCUT2D eigenvalue weighted by molar-refractivity contribution is -0.887. The summed E-state index contributed by atoms with van der Waals surface area (Å²) in [4.78, 5) is 37.0. The van der Waals surface area contributed by atoms with E-state index in [0.29, 0.717) is 19.3 Å². The number of rotatable bonds is 43. The van der Waals surface area contributed by atoms with Crippen LogP contribution in [0.2, 0.25) is 0 Å². The van der Waals surface area contributed by atoms with E-state index in [2.05, 4.69) is 26.0 Å². The highest BCUT2D eigenvalue weighted by molar-refractivity contribution is 5.72. The van der Waals surface area contributed by atoms with E-state index in [0.717, 1.165) is 38.5 Å². The molecular weight excluding hydrogens is 703 g/mol. The van der Waals surface area contributed by atoms with Gasteiger partial charge in [-0.3, -0.25) is 9.59 Å². The van der Waals surface area contributed by atoms with Crippen LogP contribution in [-0.2, 0) is 28.6 Å². The van der Waals surface area contributed by atoms with E-state index in [-0.39, 0.29) is 36.2 Å². The minimum Gasteiger partial charge on any atom is -0.477 e. The van der Waals surface area contributed by atoms with Gasteiger partial charge in [0, 0.05) is 19.3 Å². The molecule has 2 atom stereocenters. The van der Waals surface area contributed by atoms with Gasteiger partial charge in [0.25, 0.3) is 0 Å². The first-order valence-corrected chi connectivity index (χ1v) is 23.7. The van der Waals surface area contributed by atoms with Crippen molar-refractivity contribution in [2.45, 2.75) is 238 Å². The normalized spacial score (nSPS) is 12.9. The lowest BCUT2D eigenvalue weighted by Gasteiger charge is -2.31. The third-order valence-electron chi connectivity index (χ3n) is 10.9. The Morgan fingerprint density at radius 1 is 0.518 bits per heavy atom. The van der Waals surface area contributed by atoms with Crippen LogP contribution in [0.4, 0.5) is 0 Å². The first-order valence-electron chi connectivity index (χ1n) is 23.7. The lowest BCUT2D eigenvalue weighted by Crippen LogP contribution is -2.50. The lowest BCUT2D eigenvalue weighted by atomic mass is 10.0. The fourth-order valence-electron chi connectivity index (χ4n) is 7.21. The summed E-state index contributed by atoms with van der Waals surface area (Å²) in [5.74, 6) is -1.46. The molecule has 0 saturated heterocycles. The molecule has 0 radical (unpaired) electrons. The zero-order valence-electron chi connectivity index (χ0n) is 37.6. The monoisotopic (exact) mass is 795 g/mol. The molecule has 0 fully saturated rings. The first kappa shape index (κ1) is 54.1. The van der Waals surface area contributed by atoms with E-state index < -0.39 is 18.1 Å². The summed E-state index contributed by atoms with van der Waals surface area (Å²) in [6, 6.07) is -0.611. The average molecular weight is 795 g/mol. The van der Waals surface area contributed by atoms with Gasteiger partial charge in [-0.25, -0.2) is 4.79 Å². The average Bonchev–Trinajstić information content (AvgIpc) is 3.15. The molecule has 8 heteroatoms. The number of likely N-dealkylation sites (N-methyl/N-ethyl adjacent to an activating group) is 1. The molecule has 0 aliphatic carbocycles. The highest BCUT2D eigenvalue weighted by Gasteiger charge is 2.31. The van der Waals surface area contributed by atoms with E-state index in [4.69, 9.17) is 14.2 Å². The summed E-state index contributed by atoms with van der Waals surface area (Å²) >= 11 is 0. The van der Waals surface area contributed by atoms with E-state index >= 15 is 0 Å². The predicted octanol–water partition coefficient (Wildman–Crippen LogP) is 13.1. The molecule has 0 aromatic rings. The number of quaternary nitrogens is 1. The number of aliphatic carboxylic acids is 1. The Morgan fingerprint density at radius 3 is 1.30 bits per heavy atom. The number of hydrogen-bond donors (Lipinski definition) is 1. The highest BCUT2D eigenvalue weighted by Crippen LogP contribution is 2.16. The van der Waals surface area contributed by atoms with E-state index in [1.54, 1.807) is 0 Å². The molecule has 0 aromatic heterocycles. The van der Waals surface area contributed by atoms with Gasteiger partial charge in [0.2, 0.25) is 0 Å². The van der Waals surface area contributed by atoms with Gasteiger partial charge in [0.15, 0.2) is 12.1 Å². The van der Waals surface area contributed by atoms with Gasteiger partial charge in [-0.15, -0.1) is 0 Å². The van der Waals surface area contributed by atoms with Gasteiger partial charge in [-0.1, -0.05) is 180 Å². The first-order chi connectivity index (χ1) is 27.1. The summed E-state index contributed by atoms with van der Waals surface area (Å²) < 4.78 is 17.3. The van der Waals surface area contributed by atoms with E-state index in [1.807, 2.05) is 21.1 Å². The number of ether oxygens (including phenoxy) is 3. The van der Waals surface area contributed by atoms with Gasteiger partial charge in [-0.05, 0) is 38.5 Å². The molecular formula is C48H92NO7+. The molecule has 0 rings (SSSR count). The minimum atomic E-state index is -0.872. The molecule has 0 heterocycles. The molecule has 0 spiro atoms. The predicted molar refractivity (Wildman–Crippen MR) is 234 cm³/mol. The number of hydrogen-bond acceptors (Lipinski definition) is 6. The third-order valence-corrected chi connectivity index (χ3v) is 10.9. The van der Waals surface area contributed by atoms with Crippen LogP contribution in [-0.4, -0.2) is 80.6 Å². The van der Waals surface area contributed by atoms with Crippen LogP contribution in [0.15, 0.2) is 12.2 Å². The quantitative estimate of drug-likeness (QED) is 0.0284. The number of carbonyl (C=O) groups excluding carboxylic acids is 2. The number of esters is 2. The Bertz CT molecular complexity index is 931. The van der Waals surface area contributed by atoms with Gasteiger partial charge in [-0.2, -0.15) is 0 Å². The zero-order valence-corrected chi connectivity index (χ0v) is 37.6. The van der Waals surface area contributed by atoms with Crippen LogP contribution >= 0.6 is 0 Å². The maximum atomic E-state index is 12.7. The Balaban J connectivity index is 4.27. The van der Waals surface area contributed by atoms with Crippen LogP contribution in [0, 0.1) is 0 Å². The van der Waals surface area contributed by atoms with Gasteiger partial charge in [0.05, 0.1) is 34.4 Å². The Morgan fingerprint density at radius 2 is 0.893 bits per heavy atom. The van der Waals surface area contributed by atoms with Gasteiger partial charge >= 0.3 is 17.9 Å². The van der Waals surface area contributed by atoms with Crippen molar-refractivity contribution in [1.29, 1.82) is 0 Å². The number of carboxylic acid groups (broad SMARTS) is 1. The summed E-state index contributed by atoms with van der Waals surface area (Å²) in [5, 5.41) is 9.63. The topological polar surface area (TPSA) is 99.1 Å². The molecule has 56 heavy (non-hydrogen) atoms. The smallest absolute Gasteiger partial charge is 0.362 e. The SMILES string of the molecule is CCCCCC/C=C/CCCCCCCCCC(=O)OC(COCCC(C(=O)O)[N+](C)(C)C)COC(=O)CCCCCCCCCCCCCCCCCCC. The van der Waals surface area contributed by atoms with Crippen molar-refractivity contribution in [2.24, 2.45) is 0 Å². The second-order valence-corrected chi connectivity index (χ2v) is 17.4. The fourth-order valence-corrected chi connectivity index (χ4v) is 7.21. The van der Waals surface area contributed by atoms with Gasteiger partial charge < -0.3 is 23.8 Å². The molecule has 0 bridgehead atoms. The zero-order chi connectivity index (χ0) is 41.4. The van der Waals surface area contributed by atoms with Crippen molar-refractivity contribution in [2.75, 3.05) is 41.0 Å². The van der Waals surface area contributed by atoms with Crippen LogP contribution in [0.3, 0.4) is 0 Å². The molecule has 0 aliphatic rings. The number of carbonyl (C=O) groups is 3. The molecule has 1 N–H and O–H groups in total. The van der Waals surface area contributed by atoms with Crippen molar-refractivity contribution in [1.82, 2.24) is 0 Å².